The van der Waals surface area contributed by atoms with Crippen LogP contribution in [0.25, 0.3) is 0 Å². The Morgan fingerprint density at radius 1 is 1.57 bits per heavy atom. The molecule has 0 fully saturated rings. The van der Waals surface area contributed by atoms with Crippen LogP contribution in [-0.2, 0) is 17.8 Å². The molecule has 0 aromatic heterocycles. The van der Waals surface area contributed by atoms with E-state index in [0.29, 0.717) is 13.0 Å². The molecule has 0 aliphatic carbocycles. The lowest BCUT2D eigenvalue weighted by Crippen LogP contribution is -2.41. The van der Waals surface area contributed by atoms with Gasteiger partial charge in [-0.2, -0.15) is 0 Å². The standard InChI is InChI=1S/C10H10INO2/c11-8-3-1-2-6-5-12-9(10(13)14)4-7(6)8/h1-3,9,12H,4-5H2,(H,13,14). The summed E-state index contributed by atoms with van der Waals surface area (Å²) in [7, 11) is 0. The second kappa shape index (κ2) is 3.86. The quantitative estimate of drug-likeness (QED) is 0.771. The van der Waals surface area contributed by atoms with Gasteiger partial charge in [0.25, 0.3) is 0 Å². The first kappa shape index (κ1) is 9.92. The van der Waals surface area contributed by atoms with Crippen LogP contribution in [0.2, 0.25) is 0 Å². The molecule has 2 rings (SSSR count). The van der Waals surface area contributed by atoms with Crippen molar-refractivity contribution in [1.29, 1.82) is 0 Å². The van der Waals surface area contributed by atoms with Crippen molar-refractivity contribution in [2.75, 3.05) is 0 Å². The highest BCUT2D eigenvalue weighted by atomic mass is 127. The number of fused-ring (bicyclic) bond motifs is 1. The Morgan fingerprint density at radius 3 is 3.07 bits per heavy atom. The Balaban J connectivity index is 2.33. The first-order valence-electron chi connectivity index (χ1n) is 4.41. The number of nitrogens with one attached hydrogen (secondary N) is 1. The molecule has 0 radical (unpaired) electrons. The molecule has 4 heteroatoms. The van der Waals surface area contributed by atoms with Gasteiger partial charge in [0.15, 0.2) is 0 Å². The number of carboxylic acids is 1. The van der Waals surface area contributed by atoms with Gasteiger partial charge >= 0.3 is 5.97 Å². The van der Waals surface area contributed by atoms with Gasteiger partial charge in [-0.1, -0.05) is 12.1 Å². The van der Waals surface area contributed by atoms with Crippen molar-refractivity contribution < 1.29 is 9.90 Å². The highest BCUT2D eigenvalue weighted by Gasteiger charge is 2.24. The number of hydrogen-bond donors (Lipinski definition) is 2. The van der Waals surface area contributed by atoms with Crippen LogP contribution in [0.15, 0.2) is 18.2 Å². The van der Waals surface area contributed by atoms with Crippen LogP contribution in [0.3, 0.4) is 0 Å². The van der Waals surface area contributed by atoms with Crippen LogP contribution >= 0.6 is 22.6 Å². The van der Waals surface area contributed by atoms with Crippen molar-refractivity contribution in [3.8, 4) is 0 Å². The molecule has 3 nitrogen and oxygen atoms in total. The van der Waals surface area contributed by atoms with Crippen molar-refractivity contribution in [2.45, 2.75) is 19.0 Å². The minimum Gasteiger partial charge on any atom is -0.480 e. The monoisotopic (exact) mass is 303 g/mol. The van der Waals surface area contributed by atoms with E-state index in [4.69, 9.17) is 5.11 Å². The van der Waals surface area contributed by atoms with Crippen molar-refractivity contribution in [3.63, 3.8) is 0 Å². The predicted molar refractivity (Wildman–Crippen MR) is 61.1 cm³/mol. The summed E-state index contributed by atoms with van der Waals surface area (Å²) in [6.07, 6.45) is 0.587. The van der Waals surface area contributed by atoms with Crippen molar-refractivity contribution in [1.82, 2.24) is 5.32 Å². The van der Waals surface area contributed by atoms with E-state index in [2.05, 4.69) is 27.9 Å². The molecule has 0 spiro atoms. The maximum Gasteiger partial charge on any atom is 0.321 e. The number of hydrogen-bond acceptors (Lipinski definition) is 2. The van der Waals surface area contributed by atoms with Crippen molar-refractivity contribution in [2.24, 2.45) is 0 Å². The van der Waals surface area contributed by atoms with Crippen molar-refractivity contribution in [3.05, 3.63) is 32.9 Å². The molecule has 74 valence electrons. The fourth-order valence-electron chi connectivity index (χ4n) is 1.68. The average Bonchev–Trinajstić information content (AvgIpc) is 2.18. The lowest BCUT2D eigenvalue weighted by Gasteiger charge is -2.23. The highest BCUT2D eigenvalue weighted by molar-refractivity contribution is 14.1. The molecule has 1 aromatic carbocycles. The SMILES string of the molecule is O=C(O)C1Cc2c(I)cccc2CN1. The van der Waals surface area contributed by atoms with Gasteiger partial charge < -0.3 is 10.4 Å². The molecule has 0 saturated carbocycles. The zero-order chi connectivity index (χ0) is 10.1. The van der Waals surface area contributed by atoms with E-state index in [9.17, 15) is 4.79 Å². The fraction of sp³-hybridized carbons (Fsp3) is 0.300. The molecule has 0 amide bonds. The van der Waals surface area contributed by atoms with E-state index < -0.39 is 12.0 Å². The summed E-state index contributed by atoms with van der Waals surface area (Å²) in [6.45, 7) is 0.656. The number of benzene rings is 1. The minimum absolute atomic E-state index is 0.432. The fourth-order valence-corrected chi connectivity index (χ4v) is 2.46. The van der Waals surface area contributed by atoms with Crippen LogP contribution in [0.1, 0.15) is 11.1 Å². The largest absolute Gasteiger partial charge is 0.480 e. The Morgan fingerprint density at radius 2 is 2.36 bits per heavy atom. The van der Waals surface area contributed by atoms with Crippen molar-refractivity contribution >= 4 is 28.6 Å². The third-order valence-corrected chi connectivity index (χ3v) is 3.47. The zero-order valence-electron chi connectivity index (χ0n) is 7.46. The molecule has 1 atom stereocenters. The van der Waals surface area contributed by atoms with E-state index in [1.54, 1.807) is 0 Å². The zero-order valence-corrected chi connectivity index (χ0v) is 9.61. The first-order chi connectivity index (χ1) is 6.68. The summed E-state index contributed by atoms with van der Waals surface area (Å²) < 4.78 is 1.16. The molecule has 0 bridgehead atoms. The number of rotatable bonds is 1. The normalized spacial score (nSPS) is 20.2. The smallest absolute Gasteiger partial charge is 0.321 e. The van der Waals surface area contributed by atoms with Crippen LogP contribution in [-0.4, -0.2) is 17.1 Å². The maximum atomic E-state index is 10.8. The maximum absolute atomic E-state index is 10.8. The summed E-state index contributed by atoms with van der Waals surface area (Å²) in [6, 6.07) is 5.63. The van der Waals surface area contributed by atoms with Gasteiger partial charge in [0.2, 0.25) is 0 Å². The number of halogens is 1. The summed E-state index contributed by atoms with van der Waals surface area (Å²) in [4.78, 5) is 10.8. The third kappa shape index (κ3) is 1.76. The molecule has 1 aliphatic heterocycles. The van der Waals surface area contributed by atoms with Gasteiger partial charge in [0.1, 0.15) is 6.04 Å². The van der Waals surface area contributed by atoms with Crippen LogP contribution in [0.5, 0.6) is 0 Å². The number of aliphatic carboxylic acids is 1. The molecule has 1 unspecified atom stereocenters. The van der Waals surface area contributed by atoms with E-state index in [1.807, 2.05) is 18.2 Å². The topological polar surface area (TPSA) is 49.3 Å². The van der Waals surface area contributed by atoms with Gasteiger partial charge in [-0.15, -0.1) is 0 Å². The second-order valence-corrected chi connectivity index (χ2v) is 4.52. The molecule has 1 heterocycles. The first-order valence-corrected chi connectivity index (χ1v) is 5.49. The van der Waals surface area contributed by atoms with Gasteiger partial charge in [-0.25, -0.2) is 0 Å². The summed E-state index contributed by atoms with van der Waals surface area (Å²) in [5, 5.41) is 11.9. The van der Waals surface area contributed by atoms with Gasteiger partial charge in [-0.3, -0.25) is 4.79 Å². The lowest BCUT2D eigenvalue weighted by molar-refractivity contribution is -0.139. The number of carboxylic acid groups (broad SMARTS) is 1. The molecule has 14 heavy (non-hydrogen) atoms. The summed E-state index contributed by atoms with van der Waals surface area (Å²) in [5.41, 5.74) is 2.40. The van der Waals surface area contributed by atoms with E-state index in [-0.39, 0.29) is 0 Å². The summed E-state index contributed by atoms with van der Waals surface area (Å²) in [5.74, 6) is -0.768. The molecule has 1 aliphatic rings. The number of carbonyl (C=O) groups is 1. The highest BCUT2D eigenvalue weighted by Crippen LogP contribution is 2.22. The third-order valence-electron chi connectivity index (χ3n) is 2.46. The van der Waals surface area contributed by atoms with Gasteiger partial charge in [0.05, 0.1) is 0 Å². The van der Waals surface area contributed by atoms with Gasteiger partial charge in [-0.05, 0) is 46.2 Å². The Bertz CT molecular complexity index is 378. The molecule has 1 aromatic rings. The molecular formula is C10H10INO2. The minimum atomic E-state index is -0.768. The van der Waals surface area contributed by atoms with E-state index >= 15 is 0 Å². The summed E-state index contributed by atoms with van der Waals surface area (Å²) >= 11 is 2.26. The lowest BCUT2D eigenvalue weighted by atomic mass is 9.96. The molecular weight excluding hydrogens is 293 g/mol. The Labute approximate surface area is 95.7 Å². The van der Waals surface area contributed by atoms with Gasteiger partial charge in [0, 0.05) is 10.1 Å². The Kier molecular flexibility index (Phi) is 2.73. The van der Waals surface area contributed by atoms with Crippen LogP contribution in [0, 0.1) is 3.57 Å². The Hall–Kier alpha value is -0.620. The molecule has 0 saturated heterocycles. The van der Waals surface area contributed by atoms with Crippen LogP contribution in [0.4, 0.5) is 0 Å². The van der Waals surface area contributed by atoms with E-state index in [1.165, 1.54) is 11.1 Å². The molecule has 2 N–H and O–H groups in total. The predicted octanol–water partition coefficient (Wildman–Crippen LogP) is 1.39. The second-order valence-electron chi connectivity index (χ2n) is 3.35. The van der Waals surface area contributed by atoms with E-state index in [0.717, 1.165) is 3.57 Å². The van der Waals surface area contributed by atoms with Crippen LogP contribution < -0.4 is 5.32 Å². The average molecular weight is 303 g/mol.